The Morgan fingerprint density at radius 3 is 2.70 bits per heavy atom. The van der Waals surface area contributed by atoms with Crippen LogP contribution in [0, 0.1) is 0 Å². The number of hydrogen-bond donors (Lipinski definition) is 2. The van der Waals surface area contributed by atoms with E-state index in [2.05, 4.69) is 33.6 Å². The van der Waals surface area contributed by atoms with E-state index in [1.54, 1.807) is 7.11 Å². The quantitative estimate of drug-likeness (QED) is 0.617. The molecule has 2 N–H and O–H groups in total. The Morgan fingerprint density at radius 1 is 1.20 bits per heavy atom. The van der Waals surface area contributed by atoms with Crippen molar-refractivity contribution in [1.29, 1.82) is 0 Å². The number of nitrogens with zero attached hydrogens (tertiary/aromatic N) is 5. The number of aromatic nitrogens is 4. The number of fused-ring (bicyclic) bond motifs is 1. The van der Waals surface area contributed by atoms with Crippen LogP contribution < -0.4 is 15.0 Å². The van der Waals surface area contributed by atoms with Gasteiger partial charge in [-0.05, 0) is 50.8 Å². The molecule has 2 aromatic heterocycles. The highest BCUT2D eigenvalue weighted by Gasteiger charge is 2.26. The lowest BCUT2D eigenvalue weighted by atomic mass is 10.0. The van der Waals surface area contributed by atoms with E-state index >= 15 is 0 Å². The number of nitrogens with one attached hydrogen (secondary N) is 1. The van der Waals surface area contributed by atoms with Gasteiger partial charge in [-0.15, -0.1) is 0 Å². The molecule has 0 bridgehead atoms. The van der Waals surface area contributed by atoms with Crippen LogP contribution >= 0.6 is 0 Å². The summed E-state index contributed by atoms with van der Waals surface area (Å²) in [4.78, 5) is 16.4. The summed E-state index contributed by atoms with van der Waals surface area (Å²) in [6.07, 6.45) is 4.98. The summed E-state index contributed by atoms with van der Waals surface area (Å²) in [6.45, 7) is 5.81. The van der Waals surface area contributed by atoms with Crippen molar-refractivity contribution in [3.05, 3.63) is 36.2 Å². The van der Waals surface area contributed by atoms with Crippen LogP contribution in [0.25, 0.3) is 11.2 Å². The Hall–Kier alpha value is -2.87. The Balaban J connectivity index is 1.69. The molecule has 4 rings (SSSR count). The summed E-state index contributed by atoms with van der Waals surface area (Å²) in [5, 5.41) is 13.3. The maximum Gasteiger partial charge on any atom is 0.229 e. The van der Waals surface area contributed by atoms with Gasteiger partial charge in [-0.1, -0.05) is 12.1 Å². The third kappa shape index (κ3) is 4.05. The van der Waals surface area contributed by atoms with E-state index in [0.29, 0.717) is 18.3 Å². The van der Waals surface area contributed by atoms with Crippen LogP contribution in [0.5, 0.6) is 5.75 Å². The highest BCUT2D eigenvalue weighted by Crippen LogP contribution is 2.28. The van der Waals surface area contributed by atoms with Crippen molar-refractivity contribution in [3.8, 4) is 5.75 Å². The first-order chi connectivity index (χ1) is 14.6. The number of methoxy groups -OCH3 is 1. The van der Waals surface area contributed by atoms with E-state index in [0.717, 1.165) is 48.3 Å². The first-order valence-electron chi connectivity index (χ1n) is 10.6. The average Bonchev–Trinajstić information content (AvgIpc) is 3.22. The van der Waals surface area contributed by atoms with Gasteiger partial charge in [0, 0.05) is 19.1 Å². The molecule has 1 atom stereocenters. The molecule has 0 amide bonds. The van der Waals surface area contributed by atoms with Crippen LogP contribution in [0.4, 0.5) is 11.8 Å². The van der Waals surface area contributed by atoms with Crippen molar-refractivity contribution in [1.82, 2.24) is 19.5 Å². The van der Waals surface area contributed by atoms with Crippen molar-refractivity contribution in [2.45, 2.75) is 51.7 Å². The molecule has 0 aliphatic carbocycles. The van der Waals surface area contributed by atoms with Gasteiger partial charge in [0.1, 0.15) is 5.75 Å². The largest absolute Gasteiger partial charge is 0.497 e. The number of rotatable bonds is 7. The lowest BCUT2D eigenvalue weighted by Gasteiger charge is -2.34. The third-order valence-corrected chi connectivity index (χ3v) is 5.68. The Labute approximate surface area is 176 Å². The minimum Gasteiger partial charge on any atom is -0.497 e. The van der Waals surface area contributed by atoms with Gasteiger partial charge in [-0.2, -0.15) is 9.97 Å². The van der Waals surface area contributed by atoms with Gasteiger partial charge in [-0.25, -0.2) is 4.98 Å². The highest BCUT2D eigenvalue weighted by atomic mass is 16.5. The molecule has 3 aromatic rings. The fourth-order valence-electron chi connectivity index (χ4n) is 3.92. The molecular formula is C22H30N6O2. The van der Waals surface area contributed by atoms with E-state index in [9.17, 15) is 5.11 Å². The molecule has 0 saturated carbocycles. The summed E-state index contributed by atoms with van der Waals surface area (Å²) in [5.74, 6) is 2.20. The lowest BCUT2D eigenvalue weighted by molar-refractivity contribution is 0.239. The predicted octanol–water partition coefficient (Wildman–Crippen LogP) is 3.38. The molecule has 0 radical (unpaired) electrons. The van der Waals surface area contributed by atoms with E-state index < -0.39 is 0 Å². The molecule has 1 unspecified atom stereocenters. The Morgan fingerprint density at radius 2 is 2.00 bits per heavy atom. The van der Waals surface area contributed by atoms with E-state index in [1.165, 1.54) is 0 Å². The molecule has 160 valence electrons. The van der Waals surface area contributed by atoms with Gasteiger partial charge in [0.25, 0.3) is 0 Å². The van der Waals surface area contributed by atoms with Crippen LogP contribution in [0.2, 0.25) is 0 Å². The lowest BCUT2D eigenvalue weighted by Crippen LogP contribution is -2.43. The average molecular weight is 411 g/mol. The molecule has 3 heterocycles. The van der Waals surface area contributed by atoms with Gasteiger partial charge in [0.2, 0.25) is 5.95 Å². The molecule has 8 nitrogen and oxygen atoms in total. The number of benzene rings is 1. The maximum atomic E-state index is 9.86. The summed E-state index contributed by atoms with van der Waals surface area (Å²) >= 11 is 0. The first kappa shape index (κ1) is 20.4. The van der Waals surface area contributed by atoms with Crippen molar-refractivity contribution >= 4 is 22.9 Å². The summed E-state index contributed by atoms with van der Waals surface area (Å²) in [5.41, 5.74) is 2.70. The topological polar surface area (TPSA) is 88.3 Å². The van der Waals surface area contributed by atoms with E-state index in [4.69, 9.17) is 14.7 Å². The second-order valence-corrected chi connectivity index (χ2v) is 8.02. The van der Waals surface area contributed by atoms with Crippen LogP contribution in [0.15, 0.2) is 30.6 Å². The number of piperidine rings is 1. The zero-order valence-electron chi connectivity index (χ0n) is 17.9. The van der Waals surface area contributed by atoms with E-state index in [1.807, 2.05) is 30.6 Å². The molecule has 1 aliphatic heterocycles. The zero-order valence-corrected chi connectivity index (χ0v) is 17.9. The minimum absolute atomic E-state index is 0.0565. The monoisotopic (exact) mass is 410 g/mol. The van der Waals surface area contributed by atoms with Crippen LogP contribution in [0.1, 0.15) is 44.7 Å². The number of aliphatic hydroxyl groups is 1. The van der Waals surface area contributed by atoms with Crippen molar-refractivity contribution in [2.75, 3.05) is 30.5 Å². The van der Waals surface area contributed by atoms with Gasteiger partial charge < -0.3 is 24.6 Å². The SMILES string of the molecule is COc1ccc(CNc2nc(N3CCCCC3CO)nc3c2ncn3C(C)C)cc1. The summed E-state index contributed by atoms with van der Waals surface area (Å²) < 4.78 is 7.31. The number of anilines is 2. The van der Waals surface area contributed by atoms with Crippen LogP contribution in [-0.4, -0.2) is 50.9 Å². The fraction of sp³-hybridized carbons (Fsp3) is 0.500. The Kier molecular flexibility index (Phi) is 6.03. The molecule has 1 aliphatic rings. The standard InChI is InChI=1S/C22H30N6O2/c1-15(2)28-14-24-19-20(23-12-16-7-9-18(30-3)10-8-16)25-22(26-21(19)28)27-11-5-4-6-17(27)13-29/h7-10,14-15,17,29H,4-6,11-13H2,1-3H3,(H,23,25,26). The van der Waals surface area contributed by atoms with Crippen molar-refractivity contribution in [3.63, 3.8) is 0 Å². The van der Waals surface area contributed by atoms with Crippen LogP contribution in [0.3, 0.4) is 0 Å². The third-order valence-electron chi connectivity index (χ3n) is 5.68. The van der Waals surface area contributed by atoms with Gasteiger partial charge in [-0.3, -0.25) is 0 Å². The number of hydrogen-bond acceptors (Lipinski definition) is 7. The number of imidazole rings is 1. The molecule has 30 heavy (non-hydrogen) atoms. The summed E-state index contributed by atoms with van der Waals surface area (Å²) in [7, 11) is 1.66. The highest BCUT2D eigenvalue weighted by molar-refractivity contribution is 5.84. The van der Waals surface area contributed by atoms with Gasteiger partial charge >= 0.3 is 0 Å². The molecular weight excluding hydrogens is 380 g/mol. The number of aliphatic hydroxyl groups excluding tert-OH is 1. The van der Waals surface area contributed by atoms with E-state index in [-0.39, 0.29) is 18.7 Å². The Bertz CT molecular complexity index is 985. The van der Waals surface area contributed by atoms with Crippen LogP contribution in [-0.2, 0) is 6.54 Å². The molecule has 0 spiro atoms. The first-order valence-corrected chi connectivity index (χ1v) is 10.6. The molecule has 1 fully saturated rings. The predicted molar refractivity (Wildman–Crippen MR) is 118 cm³/mol. The fourth-order valence-corrected chi connectivity index (χ4v) is 3.92. The second kappa shape index (κ2) is 8.87. The number of ether oxygens (including phenoxy) is 1. The normalized spacial score (nSPS) is 17.0. The summed E-state index contributed by atoms with van der Waals surface area (Å²) in [6, 6.07) is 8.26. The van der Waals surface area contributed by atoms with Crippen molar-refractivity contribution in [2.24, 2.45) is 0 Å². The van der Waals surface area contributed by atoms with Gasteiger partial charge in [0.05, 0.1) is 26.1 Å². The molecule has 1 aromatic carbocycles. The molecule has 1 saturated heterocycles. The van der Waals surface area contributed by atoms with Gasteiger partial charge in [0.15, 0.2) is 17.0 Å². The second-order valence-electron chi connectivity index (χ2n) is 8.02. The molecule has 8 heteroatoms. The van der Waals surface area contributed by atoms with Crippen molar-refractivity contribution < 1.29 is 9.84 Å². The minimum atomic E-state index is 0.0565. The smallest absolute Gasteiger partial charge is 0.229 e. The maximum absolute atomic E-state index is 9.86. The zero-order chi connectivity index (χ0) is 21.1.